The number of non-ortho nitro benzene ring substituents is 1. The smallest absolute Gasteiger partial charge is 0.269 e. The first-order chi connectivity index (χ1) is 9.65. The zero-order valence-electron chi connectivity index (χ0n) is 10.7. The first-order valence-electron chi connectivity index (χ1n) is 5.97. The molecule has 2 aromatic carbocycles. The Balaban J connectivity index is 1.75. The Morgan fingerprint density at radius 3 is 1.80 bits per heavy atom. The van der Waals surface area contributed by atoms with Gasteiger partial charge in [0, 0.05) is 29.3 Å². The predicted molar refractivity (Wildman–Crippen MR) is 86.5 cm³/mol. The molecule has 0 aliphatic heterocycles. The van der Waals surface area contributed by atoms with Gasteiger partial charge in [0.15, 0.2) is 0 Å². The van der Waals surface area contributed by atoms with Crippen LogP contribution in [-0.2, 0) is 11.5 Å². The molecule has 0 aliphatic carbocycles. The van der Waals surface area contributed by atoms with E-state index in [4.69, 9.17) is 5.73 Å². The highest BCUT2D eigenvalue weighted by molar-refractivity contribution is 8.76. The molecule has 104 valence electrons. The van der Waals surface area contributed by atoms with Gasteiger partial charge in [-0.25, -0.2) is 0 Å². The van der Waals surface area contributed by atoms with Gasteiger partial charge in [-0.05, 0) is 23.3 Å². The third kappa shape index (κ3) is 4.47. The summed E-state index contributed by atoms with van der Waals surface area (Å²) >= 11 is 0. The molecule has 0 fully saturated rings. The lowest BCUT2D eigenvalue weighted by atomic mass is 10.2. The number of anilines is 1. The molecule has 0 saturated carbocycles. The Kier molecular flexibility index (Phi) is 5.31. The van der Waals surface area contributed by atoms with Crippen molar-refractivity contribution in [3.63, 3.8) is 0 Å². The van der Waals surface area contributed by atoms with Crippen LogP contribution in [0, 0.1) is 10.1 Å². The van der Waals surface area contributed by atoms with Crippen molar-refractivity contribution in [2.75, 3.05) is 5.73 Å². The van der Waals surface area contributed by atoms with E-state index in [1.165, 1.54) is 5.56 Å². The minimum absolute atomic E-state index is 0.133. The lowest BCUT2D eigenvalue weighted by molar-refractivity contribution is -0.384. The van der Waals surface area contributed by atoms with Crippen molar-refractivity contribution in [2.24, 2.45) is 0 Å². The maximum atomic E-state index is 10.5. The van der Waals surface area contributed by atoms with Crippen LogP contribution in [0.4, 0.5) is 11.4 Å². The first-order valence-corrected chi connectivity index (χ1v) is 8.46. The van der Waals surface area contributed by atoms with Crippen LogP contribution in [0.15, 0.2) is 48.5 Å². The molecule has 0 radical (unpaired) electrons. The second-order valence-corrected chi connectivity index (χ2v) is 6.65. The van der Waals surface area contributed by atoms with Crippen LogP contribution in [0.5, 0.6) is 0 Å². The summed E-state index contributed by atoms with van der Waals surface area (Å²) in [5.41, 5.74) is 8.86. The van der Waals surface area contributed by atoms with E-state index in [9.17, 15) is 10.1 Å². The topological polar surface area (TPSA) is 69.2 Å². The second kappa shape index (κ2) is 7.21. The Bertz CT molecular complexity index is 571. The SMILES string of the molecule is Nc1ccc(CSSCc2ccc([N+](=O)[O-])cc2)cc1. The number of nitro benzene ring substituents is 1. The van der Waals surface area contributed by atoms with Gasteiger partial charge in [-0.15, -0.1) is 0 Å². The lowest BCUT2D eigenvalue weighted by Crippen LogP contribution is -1.88. The zero-order chi connectivity index (χ0) is 14.4. The summed E-state index contributed by atoms with van der Waals surface area (Å²) in [6.45, 7) is 0. The monoisotopic (exact) mass is 306 g/mol. The van der Waals surface area contributed by atoms with Crippen LogP contribution >= 0.6 is 21.6 Å². The molecule has 0 spiro atoms. The number of nitrogens with zero attached hydrogens (tertiary/aromatic N) is 1. The molecule has 0 atom stereocenters. The van der Waals surface area contributed by atoms with E-state index in [1.54, 1.807) is 45.9 Å². The fourth-order valence-electron chi connectivity index (χ4n) is 1.55. The number of nitrogens with two attached hydrogens (primary N) is 1. The van der Waals surface area contributed by atoms with Gasteiger partial charge in [0.05, 0.1) is 4.92 Å². The molecular formula is C14H14N2O2S2. The molecule has 6 heteroatoms. The predicted octanol–water partition coefficient (Wildman–Crippen LogP) is 4.26. The van der Waals surface area contributed by atoms with E-state index in [0.29, 0.717) is 0 Å². The molecule has 2 aromatic rings. The van der Waals surface area contributed by atoms with Gasteiger partial charge in [0.2, 0.25) is 0 Å². The van der Waals surface area contributed by atoms with E-state index < -0.39 is 0 Å². The Hall–Kier alpha value is -1.66. The first kappa shape index (κ1) is 14.7. The van der Waals surface area contributed by atoms with E-state index >= 15 is 0 Å². The number of rotatable bonds is 6. The number of hydrogen-bond donors (Lipinski definition) is 1. The van der Waals surface area contributed by atoms with Crippen LogP contribution in [0.2, 0.25) is 0 Å². The highest BCUT2D eigenvalue weighted by Gasteiger charge is 2.04. The summed E-state index contributed by atoms with van der Waals surface area (Å²) in [7, 11) is 3.49. The molecule has 20 heavy (non-hydrogen) atoms. The Morgan fingerprint density at radius 1 is 0.900 bits per heavy atom. The Morgan fingerprint density at radius 2 is 1.35 bits per heavy atom. The molecule has 2 N–H and O–H groups in total. The number of nitro groups is 1. The van der Waals surface area contributed by atoms with Crippen LogP contribution in [0.3, 0.4) is 0 Å². The van der Waals surface area contributed by atoms with E-state index in [0.717, 1.165) is 22.8 Å². The normalized spacial score (nSPS) is 10.4. The van der Waals surface area contributed by atoms with Gasteiger partial charge >= 0.3 is 0 Å². The molecule has 0 aromatic heterocycles. The van der Waals surface area contributed by atoms with Crippen LogP contribution in [0.25, 0.3) is 0 Å². The molecule has 0 amide bonds. The van der Waals surface area contributed by atoms with Gasteiger partial charge in [0.1, 0.15) is 0 Å². The summed E-state index contributed by atoms with van der Waals surface area (Å²) in [4.78, 5) is 10.2. The summed E-state index contributed by atoms with van der Waals surface area (Å²) < 4.78 is 0. The molecular weight excluding hydrogens is 292 g/mol. The highest BCUT2D eigenvalue weighted by atomic mass is 33.1. The van der Waals surface area contributed by atoms with Crippen LogP contribution in [0.1, 0.15) is 11.1 Å². The molecule has 0 aliphatic rings. The molecule has 0 unspecified atom stereocenters. The molecule has 0 saturated heterocycles. The third-order valence-corrected chi connectivity index (χ3v) is 4.94. The average molecular weight is 306 g/mol. The van der Waals surface area contributed by atoms with Crippen molar-refractivity contribution in [1.82, 2.24) is 0 Å². The van der Waals surface area contributed by atoms with Crippen molar-refractivity contribution in [2.45, 2.75) is 11.5 Å². The fraction of sp³-hybridized carbons (Fsp3) is 0.143. The number of benzene rings is 2. The standard InChI is InChI=1S/C14H14N2O2S2/c15-13-5-1-11(2-6-13)9-19-20-10-12-3-7-14(8-4-12)16(17)18/h1-8H,9-10,15H2. The second-order valence-electron chi connectivity index (χ2n) is 4.19. The fourth-order valence-corrected chi connectivity index (χ4v) is 3.69. The van der Waals surface area contributed by atoms with Crippen molar-refractivity contribution < 1.29 is 4.92 Å². The van der Waals surface area contributed by atoms with Gasteiger partial charge in [0.25, 0.3) is 5.69 Å². The van der Waals surface area contributed by atoms with E-state index in [-0.39, 0.29) is 10.6 Å². The number of nitrogen functional groups attached to an aromatic ring is 1. The lowest BCUT2D eigenvalue weighted by Gasteiger charge is -2.02. The van der Waals surface area contributed by atoms with Gasteiger partial charge < -0.3 is 5.73 Å². The van der Waals surface area contributed by atoms with E-state index in [2.05, 4.69) is 0 Å². The number of hydrogen-bond acceptors (Lipinski definition) is 5. The minimum Gasteiger partial charge on any atom is -0.399 e. The van der Waals surface area contributed by atoms with Gasteiger partial charge in [-0.3, -0.25) is 10.1 Å². The molecule has 2 rings (SSSR count). The minimum atomic E-state index is -0.382. The maximum absolute atomic E-state index is 10.5. The summed E-state index contributed by atoms with van der Waals surface area (Å²) in [6.07, 6.45) is 0. The molecule has 4 nitrogen and oxygen atoms in total. The van der Waals surface area contributed by atoms with Crippen LogP contribution in [-0.4, -0.2) is 4.92 Å². The van der Waals surface area contributed by atoms with Crippen LogP contribution < -0.4 is 5.73 Å². The van der Waals surface area contributed by atoms with Gasteiger partial charge in [-0.1, -0.05) is 45.9 Å². The Labute approximate surface area is 125 Å². The third-order valence-electron chi connectivity index (χ3n) is 2.66. The summed E-state index contributed by atoms with van der Waals surface area (Å²) in [5, 5.41) is 10.5. The maximum Gasteiger partial charge on any atom is 0.269 e. The van der Waals surface area contributed by atoms with Crippen molar-refractivity contribution in [1.29, 1.82) is 0 Å². The van der Waals surface area contributed by atoms with E-state index in [1.807, 2.05) is 24.3 Å². The average Bonchev–Trinajstić information content (AvgIpc) is 2.46. The quantitative estimate of drug-likeness (QED) is 0.284. The molecule has 0 bridgehead atoms. The zero-order valence-corrected chi connectivity index (χ0v) is 12.3. The van der Waals surface area contributed by atoms with Gasteiger partial charge in [-0.2, -0.15) is 0 Å². The summed E-state index contributed by atoms with van der Waals surface area (Å²) in [6, 6.07) is 14.5. The van der Waals surface area contributed by atoms with Crippen molar-refractivity contribution >= 4 is 33.0 Å². The van der Waals surface area contributed by atoms with Crippen molar-refractivity contribution in [3.05, 3.63) is 69.8 Å². The largest absolute Gasteiger partial charge is 0.399 e. The molecule has 0 heterocycles. The van der Waals surface area contributed by atoms with Crippen molar-refractivity contribution in [3.8, 4) is 0 Å². The highest BCUT2D eigenvalue weighted by Crippen LogP contribution is 2.30. The summed E-state index contributed by atoms with van der Waals surface area (Å²) in [5.74, 6) is 1.75.